The maximum atomic E-state index is 12.8. The first kappa shape index (κ1) is 26.0. The maximum absolute atomic E-state index is 12.8. The molecule has 2 aliphatic heterocycles. The summed E-state index contributed by atoms with van der Waals surface area (Å²) < 4.78 is 6.31. The number of carbonyl (C=O) groups excluding carboxylic acids is 2. The highest BCUT2D eigenvalue weighted by Crippen LogP contribution is 2.39. The molecule has 35 heavy (non-hydrogen) atoms. The molecule has 0 aliphatic carbocycles. The van der Waals surface area contributed by atoms with Crippen LogP contribution in [-0.4, -0.2) is 74.7 Å². The van der Waals surface area contributed by atoms with Gasteiger partial charge in [-0.25, -0.2) is 4.68 Å². The molecule has 4 rings (SSSR count). The van der Waals surface area contributed by atoms with Crippen LogP contribution >= 0.6 is 0 Å². The molecule has 2 bridgehead atoms. The van der Waals surface area contributed by atoms with Crippen LogP contribution in [0.5, 0.6) is 0 Å². The van der Waals surface area contributed by atoms with Crippen LogP contribution in [0.1, 0.15) is 44.6 Å². The van der Waals surface area contributed by atoms with Crippen LogP contribution in [0.15, 0.2) is 24.4 Å². The first-order valence-electron chi connectivity index (χ1n) is 11.6. The number of nitrogens with zero attached hydrogens (tertiary/aromatic N) is 4. The number of piperidine rings is 1. The summed E-state index contributed by atoms with van der Waals surface area (Å²) in [5.41, 5.74) is 8.21. The van der Waals surface area contributed by atoms with Crippen molar-refractivity contribution in [2.45, 2.75) is 57.7 Å². The Morgan fingerprint density at radius 1 is 1.29 bits per heavy atom. The third kappa shape index (κ3) is 6.30. The van der Waals surface area contributed by atoms with E-state index in [-0.39, 0.29) is 30.5 Å². The number of hydrogen-bond donors (Lipinski definition) is 3. The van der Waals surface area contributed by atoms with E-state index in [4.69, 9.17) is 25.8 Å². The van der Waals surface area contributed by atoms with Crippen molar-refractivity contribution in [1.82, 2.24) is 19.9 Å². The van der Waals surface area contributed by atoms with Crippen LogP contribution < -0.4 is 5.73 Å². The second-order valence-electron chi connectivity index (χ2n) is 8.90. The number of nitrogens with two attached hydrogens (primary N) is 1. The fourth-order valence-corrected chi connectivity index (χ4v) is 5.00. The summed E-state index contributed by atoms with van der Waals surface area (Å²) >= 11 is 0. The number of hydrogen-bond acceptors (Lipinski definition) is 9. The smallest absolute Gasteiger partial charge is 0.327 e. The first-order valence-corrected chi connectivity index (χ1v) is 11.6. The van der Waals surface area contributed by atoms with Crippen molar-refractivity contribution < 1.29 is 24.2 Å². The van der Waals surface area contributed by atoms with E-state index in [1.807, 2.05) is 0 Å². The summed E-state index contributed by atoms with van der Waals surface area (Å²) in [6.07, 6.45) is 6.52. The largest absolute Gasteiger partial charge is 0.483 e. The molecule has 0 amide bonds. The van der Waals surface area contributed by atoms with E-state index in [0.29, 0.717) is 53.5 Å². The minimum Gasteiger partial charge on any atom is -0.483 e. The third-order valence-electron chi connectivity index (χ3n) is 6.70. The molecule has 2 aliphatic rings. The number of Topliss-reactive ketones (excluding diaryl/α,β-unsaturated/α-hetero) is 1. The Bertz CT molecular complexity index is 1070. The number of carbonyl (C=O) groups is 3. The number of esters is 1. The Kier molecular flexibility index (Phi) is 8.69. The van der Waals surface area contributed by atoms with Gasteiger partial charge in [-0.05, 0) is 57.7 Å². The highest BCUT2D eigenvalue weighted by molar-refractivity contribution is 6.46. The maximum Gasteiger partial charge on any atom is 0.327 e. The van der Waals surface area contributed by atoms with Gasteiger partial charge in [-0.1, -0.05) is 11.3 Å². The minimum atomic E-state index is -0.386. The summed E-state index contributed by atoms with van der Waals surface area (Å²) in [7, 11) is 2.18. The van der Waals surface area contributed by atoms with Crippen LogP contribution in [-0.2, 0) is 25.7 Å². The number of ketones is 1. The van der Waals surface area contributed by atoms with Crippen LogP contribution in [0.2, 0.25) is 0 Å². The molecule has 11 nitrogen and oxygen atoms in total. The van der Waals surface area contributed by atoms with Crippen molar-refractivity contribution in [2.75, 3.05) is 19.4 Å². The number of carboxylic acid groups (broad SMARTS) is 1. The van der Waals surface area contributed by atoms with Gasteiger partial charge in [0.2, 0.25) is 0 Å². The van der Waals surface area contributed by atoms with Gasteiger partial charge in [-0.3, -0.25) is 19.8 Å². The van der Waals surface area contributed by atoms with Gasteiger partial charge in [0.15, 0.2) is 5.78 Å². The van der Waals surface area contributed by atoms with Crippen LogP contribution in [0.4, 0.5) is 5.69 Å². The molecule has 2 unspecified atom stereocenters. The van der Waals surface area contributed by atoms with E-state index in [0.717, 1.165) is 12.8 Å². The van der Waals surface area contributed by atoms with Crippen LogP contribution in [0.3, 0.4) is 0 Å². The van der Waals surface area contributed by atoms with E-state index in [1.54, 1.807) is 31.3 Å². The zero-order valence-corrected chi connectivity index (χ0v) is 20.0. The lowest BCUT2D eigenvalue weighted by Gasteiger charge is -2.36. The average Bonchev–Trinajstić information content (AvgIpc) is 3.34. The van der Waals surface area contributed by atoms with Crippen LogP contribution in [0, 0.1) is 11.3 Å². The summed E-state index contributed by atoms with van der Waals surface area (Å²) in [6.45, 7) is 1.78. The van der Waals surface area contributed by atoms with Crippen molar-refractivity contribution in [3.63, 3.8) is 0 Å². The molecule has 0 spiro atoms. The summed E-state index contributed by atoms with van der Waals surface area (Å²) in [5, 5.41) is 23.3. The number of anilines is 1. The molecule has 1 aromatic carbocycles. The van der Waals surface area contributed by atoms with E-state index in [2.05, 4.69) is 22.3 Å². The predicted molar refractivity (Wildman–Crippen MR) is 129 cm³/mol. The van der Waals surface area contributed by atoms with E-state index >= 15 is 0 Å². The molecule has 0 saturated carbocycles. The number of ether oxygens (including phenoxy) is 1. The van der Waals surface area contributed by atoms with Gasteiger partial charge < -0.3 is 20.5 Å². The fraction of sp³-hybridized carbons (Fsp3) is 0.500. The Morgan fingerprint density at radius 2 is 1.94 bits per heavy atom. The van der Waals surface area contributed by atoms with E-state index < -0.39 is 0 Å². The molecule has 4 N–H and O–H groups in total. The SMILES string of the molecule is CCOC(=O)Cn1cc(-c2ccc(C(=N)C(=O)CC3CC4CCC(C3)N4C)c(N)c2)nn1.O=CO. The third-order valence-corrected chi connectivity index (χ3v) is 6.70. The minimum absolute atomic E-state index is 0.0216. The highest BCUT2D eigenvalue weighted by atomic mass is 16.5. The standard InChI is InChI=1S/C23H30N6O3.CH2O2/c1-3-32-22(31)13-29-12-20(26-27-29)15-4-7-18(19(24)11-15)23(25)21(30)10-14-8-16-5-6-17(9-14)28(16)2;2-1-3/h4,7,11-12,14,16-17,25H,3,5-6,8-10,13,24H2,1-2H3;1H,(H,2,3). The number of benzene rings is 1. The molecule has 2 fully saturated rings. The molecule has 3 heterocycles. The van der Waals surface area contributed by atoms with Gasteiger partial charge in [0.1, 0.15) is 18.0 Å². The second kappa shape index (κ2) is 11.7. The van der Waals surface area contributed by atoms with Crippen molar-refractivity contribution in [1.29, 1.82) is 5.41 Å². The molecule has 1 aromatic heterocycles. The monoisotopic (exact) mass is 484 g/mol. The Labute approximate surface area is 203 Å². The van der Waals surface area contributed by atoms with Crippen molar-refractivity contribution in [2.24, 2.45) is 5.92 Å². The lowest BCUT2D eigenvalue weighted by molar-refractivity contribution is -0.144. The highest BCUT2D eigenvalue weighted by Gasteiger charge is 2.39. The summed E-state index contributed by atoms with van der Waals surface area (Å²) in [5.74, 6) is -0.200. The molecule has 188 valence electrons. The topological polar surface area (TPSA) is 164 Å². The number of nitrogens with one attached hydrogen (secondary N) is 1. The van der Waals surface area contributed by atoms with E-state index in [1.165, 1.54) is 17.5 Å². The van der Waals surface area contributed by atoms with Gasteiger partial charge in [0, 0.05) is 35.3 Å². The zero-order valence-electron chi connectivity index (χ0n) is 20.0. The molecule has 2 atom stereocenters. The lowest BCUT2D eigenvalue weighted by atomic mass is 9.85. The Hall–Kier alpha value is -3.60. The number of nitrogen functional groups attached to an aromatic ring is 1. The molecule has 2 aromatic rings. The normalized spacial score (nSPS) is 21.0. The number of fused-ring (bicyclic) bond motifs is 2. The quantitative estimate of drug-likeness (QED) is 0.220. The summed E-state index contributed by atoms with van der Waals surface area (Å²) in [4.78, 5) is 35.2. The molecule has 2 saturated heterocycles. The number of aromatic nitrogens is 3. The zero-order chi connectivity index (χ0) is 25.5. The molecular formula is C24H32N6O5. The predicted octanol–water partition coefficient (Wildman–Crippen LogP) is 1.99. The van der Waals surface area contributed by atoms with Gasteiger partial charge >= 0.3 is 5.97 Å². The van der Waals surface area contributed by atoms with Gasteiger partial charge in [0.25, 0.3) is 6.47 Å². The van der Waals surface area contributed by atoms with Gasteiger partial charge in [-0.15, -0.1) is 5.10 Å². The van der Waals surface area contributed by atoms with Gasteiger partial charge in [0.05, 0.1) is 12.8 Å². The van der Waals surface area contributed by atoms with Crippen molar-refractivity contribution in [3.05, 3.63) is 30.0 Å². The second-order valence-corrected chi connectivity index (χ2v) is 8.90. The average molecular weight is 485 g/mol. The Morgan fingerprint density at radius 3 is 2.54 bits per heavy atom. The van der Waals surface area contributed by atoms with E-state index in [9.17, 15) is 9.59 Å². The molecule has 11 heteroatoms. The first-order chi connectivity index (χ1) is 16.8. The van der Waals surface area contributed by atoms with Crippen LogP contribution in [0.25, 0.3) is 11.3 Å². The fourth-order valence-electron chi connectivity index (χ4n) is 5.00. The molecule has 0 radical (unpaired) electrons. The lowest BCUT2D eigenvalue weighted by Crippen LogP contribution is -2.40. The summed E-state index contributed by atoms with van der Waals surface area (Å²) in [6, 6.07) is 6.28. The molecular weight excluding hydrogens is 452 g/mol. The van der Waals surface area contributed by atoms with Crippen molar-refractivity contribution >= 4 is 29.6 Å². The van der Waals surface area contributed by atoms with Gasteiger partial charge in [-0.2, -0.15) is 0 Å². The number of rotatable bonds is 8. The Balaban J connectivity index is 0.00000108. The van der Waals surface area contributed by atoms with Crippen molar-refractivity contribution in [3.8, 4) is 11.3 Å².